The number of nitrogens with zero attached hydrogens (tertiary/aromatic N) is 3. The fraction of sp³-hybridized carbons (Fsp3) is 0.364. The number of pyridine rings is 1. The molecule has 1 N–H and O–H groups in total. The fourth-order valence-electron chi connectivity index (χ4n) is 3.86. The van der Waals surface area contributed by atoms with Crippen molar-refractivity contribution in [2.24, 2.45) is 7.05 Å². The number of anilines is 2. The maximum absolute atomic E-state index is 13.1. The third-order valence-electron chi connectivity index (χ3n) is 5.39. The Hall–Kier alpha value is -2.93. The van der Waals surface area contributed by atoms with Crippen LogP contribution >= 0.6 is 12.4 Å². The number of hydrogen-bond donors (Lipinski definition) is 1. The molecule has 0 aliphatic carbocycles. The number of rotatable bonds is 5. The van der Waals surface area contributed by atoms with Crippen molar-refractivity contribution in [2.45, 2.75) is 19.3 Å². The van der Waals surface area contributed by atoms with E-state index in [0.717, 1.165) is 42.5 Å². The Morgan fingerprint density at radius 1 is 1.07 bits per heavy atom. The highest BCUT2D eigenvalue weighted by Gasteiger charge is 2.23. The van der Waals surface area contributed by atoms with Gasteiger partial charge in [-0.05, 0) is 25.3 Å². The van der Waals surface area contributed by atoms with E-state index in [-0.39, 0.29) is 18.3 Å². The standard InChI is InChI=1S/C22H26N4O3.ClH/c1-25-10-7-18-20(25)19(22(27)26-8-5-4-6-9-26)14-23-21(18)24-15-11-16(28-2)13-17(12-15)29-3;/h7,10-14H,4-6,8-9H2,1-3H3,(H,23,24);1H. The summed E-state index contributed by atoms with van der Waals surface area (Å²) in [6.45, 7) is 1.63. The first-order valence-electron chi connectivity index (χ1n) is 9.84. The highest BCUT2D eigenvalue weighted by molar-refractivity contribution is 6.08. The van der Waals surface area contributed by atoms with Gasteiger partial charge in [0, 0.05) is 61.8 Å². The lowest BCUT2D eigenvalue weighted by Gasteiger charge is -2.27. The van der Waals surface area contributed by atoms with Gasteiger partial charge in [-0.3, -0.25) is 4.79 Å². The quantitative estimate of drug-likeness (QED) is 0.650. The number of carbonyl (C=O) groups excluding carboxylic acids is 1. The van der Waals surface area contributed by atoms with E-state index < -0.39 is 0 Å². The van der Waals surface area contributed by atoms with Crippen molar-refractivity contribution in [3.05, 3.63) is 42.2 Å². The molecular weight excluding hydrogens is 404 g/mol. The zero-order valence-corrected chi connectivity index (χ0v) is 18.3. The molecule has 2 aromatic heterocycles. The monoisotopic (exact) mass is 430 g/mol. The van der Waals surface area contributed by atoms with Crippen LogP contribution in [0.4, 0.5) is 11.5 Å². The molecule has 4 rings (SSSR count). The molecule has 3 heterocycles. The Balaban J connectivity index is 0.00000256. The summed E-state index contributed by atoms with van der Waals surface area (Å²) in [6.07, 6.45) is 6.95. The first-order valence-corrected chi connectivity index (χ1v) is 9.84. The molecule has 0 unspecified atom stereocenters. The van der Waals surface area contributed by atoms with Gasteiger partial charge in [0.15, 0.2) is 0 Å². The largest absolute Gasteiger partial charge is 0.497 e. The number of methoxy groups -OCH3 is 2. The van der Waals surface area contributed by atoms with Crippen LogP contribution in [-0.4, -0.2) is 47.7 Å². The maximum Gasteiger partial charge on any atom is 0.257 e. The number of aromatic nitrogens is 2. The molecule has 160 valence electrons. The van der Waals surface area contributed by atoms with E-state index in [1.165, 1.54) is 6.42 Å². The first-order chi connectivity index (χ1) is 14.1. The predicted molar refractivity (Wildman–Crippen MR) is 121 cm³/mol. The Morgan fingerprint density at radius 2 is 1.73 bits per heavy atom. The molecule has 30 heavy (non-hydrogen) atoms. The number of fused-ring (bicyclic) bond motifs is 1. The zero-order chi connectivity index (χ0) is 20.4. The number of hydrogen-bond acceptors (Lipinski definition) is 5. The fourth-order valence-corrected chi connectivity index (χ4v) is 3.86. The van der Waals surface area contributed by atoms with Crippen LogP contribution in [0.1, 0.15) is 29.6 Å². The van der Waals surface area contributed by atoms with Crippen LogP contribution in [0.3, 0.4) is 0 Å². The Labute approximate surface area is 182 Å². The summed E-state index contributed by atoms with van der Waals surface area (Å²) in [5.74, 6) is 2.12. The Morgan fingerprint density at radius 3 is 2.37 bits per heavy atom. The van der Waals surface area contributed by atoms with Gasteiger partial charge >= 0.3 is 0 Å². The molecule has 7 nitrogen and oxygen atoms in total. The third kappa shape index (κ3) is 4.16. The van der Waals surface area contributed by atoms with Gasteiger partial charge in [-0.15, -0.1) is 12.4 Å². The lowest BCUT2D eigenvalue weighted by atomic mass is 10.1. The van der Waals surface area contributed by atoms with Crippen LogP contribution in [0, 0.1) is 0 Å². The molecule has 0 radical (unpaired) electrons. The van der Waals surface area contributed by atoms with E-state index in [1.807, 2.05) is 47.0 Å². The lowest BCUT2D eigenvalue weighted by molar-refractivity contribution is 0.0725. The number of carbonyl (C=O) groups is 1. The van der Waals surface area contributed by atoms with Gasteiger partial charge in [0.25, 0.3) is 5.91 Å². The number of amides is 1. The van der Waals surface area contributed by atoms with E-state index in [1.54, 1.807) is 20.4 Å². The lowest BCUT2D eigenvalue weighted by Crippen LogP contribution is -2.35. The van der Waals surface area contributed by atoms with Gasteiger partial charge in [0.2, 0.25) is 0 Å². The van der Waals surface area contributed by atoms with Crippen LogP contribution in [0.5, 0.6) is 11.5 Å². The molecule has 8 heteroatoms. The number of piperidine rings is 1. The van der Waals surface area contributed by atoms with Crippen molar-refractivity contribution >= 4 is 40.7 Å². The molecule has 0 saturated carbocycles. The molecule has 1 fully saturated rings. The van der Waals surface area contributed by atoms with E-state index in [4.69, 9.17) is 9.47 Å². The molecule has 1 saturated heterocycles. The molecule has 0 atom stereocenters. The van der Waals surface area contributed by atoms with Crippen molar-refractivity contribution in [1.82, 2.24) is 14.5 Å². The van der Waals surface area contributed by atoms with Crippen LogP contribution in [0.2, 0.25) is 0 Å². The number of benzene rings is 1. The van der Waals surface area contributed by atoms with Gasteiger partial charge in [-0.2, -0.15) is 0 Å². The summed E-state index contributed by atoms with van der Waals surface area (Å²) in [5.41, 5.74) is 2.32. The number of ether oxygens (including phenoxy) is 2. The Kier molecular flexibility index (Phi) is 6.72. The molecule has 0 spiro atoms. The number of aryl methyl sites for hydroxylation is 1. The minimum absolute atomic E-state index is 0. The van der Waals surface area contributed by atoms with Crippen LogP contribution < -0.4 is 14.8 Å². The van der Waals surface area contributed by atoms with E-state index in [0.29, 0.717) is 22.9 Å². The van der Waals surface area contributed by atoms with Crippen LogP contribution in [0.25, 0.3) is 10.9 Å². The normalized spacial score (nSPS) is 13.6. The number of likely N-dealkylation sites (tertiary alicyclic amines) is 1. The molecule has 1 aliphatic heterocycles. The minimum atomic E-state index is 0. The maximum atomic E-state index is 13.1. The highest BCUT2D eigenvalue weighted by atomic mass is 35.5. The van der Waals surface area contributed by atoms with Crippen LogP contribution in [0.15, 0.2) is 36.7 Å². The van der Waals surface area contributed by atoms with Gasteiger partial charge in [-0.1, -0.05) is 0 Å². The summed E-state index contributed by atoms with van der Waals surface area (Å²) in [5, 5.41) is 4.25. The minimum Gasteiger partial charge on any atom is -0.497 e. The molecule has 3 aromatic rings. The number of halogens is 1. The Bertz CT molecular complexity index is 1020. The average molecular weight is 431 g/mol. The van der Waals surface area contributed by atoms with Gasteiger partial charge < -0.3 is 24.3 Å². The highest BCUT2D eigenvalue weighted by Crippen LogP contribution is 2.32. The third-order valence-corrected chi connectivity index (χ3v) is 5.39. The average Bonchev–Trinajstić information content (AvgIpc) is 3.16. The molecule has 1 aliphatic rings. The van der Waals surface area contributed by atoms with Crippen molar-refractivity contribution < 1.29 is 14.3 Å². The predicted octanol–water partition coefficient (Wildman–Crippen LogP) is 4.38. The second kappa shape index (κ2) is 9.26. The van der Waals surface area contributed by atoms with Crippen molar-refractivity contribution in [1.29, 1.82) is 0 Å². The SMILES string of the molecule is COc1cc(Nc2ncc(C(=O)N3CCCCC3)c3c2ccn3C)cc(OC)c1.Cl. The topological polar surface area (TPSA) is 68.6 Å². The van der Waals surface area contributed by atoms with Gasteiger partial charge in [0.05, 0.1) is 25.3 Å². The van der Waals surface area contributed by atoms with E-state index >= 15 is 0 Å². The second-order valence-electron chi connectivity index (χ2n) is 7.29. The summed E-state index contributed by atoms with van der Waals surface area (Å²) >= 11 is 0. The molecule has 1 aromatic carbocycles. The summed E-state index contributed by atoms with van der Waals surface area (Å²) < 4.78 is 12.7. The second-order valence-corrected chi connectivity index (χ2v) is 7.29. The van der Waals surface area contributed by atoms with Crippen molar-refractivity contribution in [3.63, 3.8) is 0 Å². The van der Waals surface area contributed by atoms with E-state index in [9.17, 15) is 4.79 Å². The first kappa shape index (κ1) is 21.8. The number of nitrogens with one attached hydrogen (secondary N) is 1. The van der Waals surface area contributed by atoms with Gasteiger partial charge in [-0.25, -0.2) is 4.98 Å². The molecule has 1 amide bonds. The van der Waals surface area contributed by atoms with Crippen molar-refractivity contribution in [3.8, 4) is 11.5 Å². The zero-order valence-electron chi connectivity index (χ0n) is 17.5. The molecular formula is C22H27ClN4O3. The summed E-state index contributed by atoms with van der Waals surface area (Å²) in [4.78, 5) is 19.6. The summed E-state index contributed by atoms with van der Waals surface area (Å²) in [6, 6.07) is 7.56. The smallest absolute Gasteiger partial charge is 0.257 e. The van der Waals surface area contributed by atoms with E-state index in [2.05, 4.69) is 10.3 Å². The van der Waals surface area contributed by atoms with Gasteiger partial charge in [0.1, 0.15) is 17.3 Å². The molecule has 0 bridgehead atoms. The van der Waals surface area contributed by atoms with Crippen molar-refractivity contribution in [2.75, 3.05) is 32.6 Å². The van der Waals surface area contributed by atoms with Crippen LogP contribution in [-0.2, 0) is 7.05 Å². The summed E-state index contributed by atoms with van der Waals surface area (Å²) in [7, 11) is 5.19.